The molecule has 0 amide bonds. The molecule has 1 aromatic carbocycles. The molecule has 19 heavy (non-hydrogen) atoms. The highest BCUT2D eigenvalue weighted by Crippen LogP contribution is 2.35. The van der Waals surface area contributed by atoms with E-state index in [0.29, 0.717) is 21.5 Å². The fourth-order valence-electron chi connectivity index (χ4n) is 1.61. The van der Waals surface area contributed by atoms with Gasteiger partial charge in [-0.1, -0.05) is 42.4 Å². The molecule has 0 radical (unpaired) electrons. The van der Waals surface area contributed by atoms with Crippen molar-refractivity contribution in [2.24, 2.45) is 0 Å². The van der Waals surface area contributed by atoms with Gasteiger partial charge in [0.05, 0.1) is 9.92 Å². The molecule has 0 atom stereocenters. The lowest BCUT2D eigenvalue weighted by molar-refractivity contribution is 0.591. The normalized spacial score (nSPS) is 10.7. The minimum Gasteiger partial charge on any atom is -0.313 e. The van der Waals surface area contributed by atoms with E-state index in [1.165, 1.54) is 17.8 Å². The molecule has 0 bridgehead atoms. The number of aromatic nitrogens is 1. The van der Waals surface area contributed by atoms with Crippen LogP contribution < -0.4 is 5.32 Å². The smallest absolute Gasteiger partial charge is 0.137 e. The van der Waals surface area contributed by atoms with Crippen LogP contribution in [0.2, 0.25) is 5.02 Å². The first-order chi connectivity index (χ1) is 9.22. The summed E-state index contributed by atoms with van der Waals surface area (Å²) in [7, 11) is 0. The Labute approximate surface area is 121 Å². The number of nitrogens with one attached hydrogen (secondary N) is 1. The maximum absolute atomic E-state index is 14.0. The van der Waals surface area contributed by atoms with Crippen LogP contribution in [0.25, 0.3) is 0 Å². The lowest BCUT2D eigenvalue weighted by Crippen LogP contribution is -2.12. The maximum atomic E-state index is 14.0. The van der Waals surface area contributed by atoms with Gasteiger partial charge in [-0.25, -0.2) is 9.37 Å². The van der Waals surface area contributed by atoms with Gasteiger partial charge in [0.15, 0.2) is 0 Å². The van der Waals surface area contributed by atoms with E-state index in [1.807, 2.05) is 13.0 Å². The van der Waals surface area contributed by atoms with Crippen molar-refractivity contribution < 1.29 is 4.39 Å². The fraction of sp³-hybridized carbons (Fsp3) is 0.214. The Morgan fingerprint density at radius 3 is 2.89 bits per heavy atom. The summed E-state index contributed by atoms with van der Waals surface area (Å²) in [6.45, 7) is 3.48. The fourth-order valence-corrected chi connectivity index (χ4v) is 2.76. The molecule has 0 saturated heterocycles. The van der Waals surface area contributed by atoms with Crippen molar-refractivity contribution in [2.45, 2.75) is 23.4 Å². The van der Waals surface area contributed by atoms with Gasteiger partial charge in [-0.3, -0.25) is 0 Å². The number of hydrogen-bond acceptors (Lipinski definition) is 3. The summed E-state index contributed by atoms with van der Waals surface area (Å²) in [6, 6.07) is 8.58. The van der Waals surface area contributed by atoms with E-state index in [-0.39, 0.29) is 5.82 Å². The molecule has 0 aliphatic heterocycles. The lowest BCUT2D eigenvalue weighted by Gasteiger charge is -2.10. The van der Waals surface area contributed by atoms with Crippen LogP contribution in [0.15, 0.2) is 46.5 Å². The predicted octanol–water partition coefficient (Wildman–Crippen LogP) is 4.13. The Balaban J connectivity index is 2.31. The van der Waals surface area contributed by atoms with Crippen LogP contribution in [-0.2, 0) is 6.54 Å². The van der Waals surface area contributed by atoms with Crippen molar-refractivity contribution in [3.63, 3.8) is 0 Å². The molecule has 2 nitrogen and oxygen atoms in total. The van der Waals surface area contributed by atoms with Gasteiger partial charge in [0.1, 0.15) is 10.8 Å². The lowest BCUT2D eigenvalue weighted by atomic mass is 10.2. The number of pyridine rings is 1. The zero-order chi connectivity index (χ0) is 13.7. The van der Waals surface area contributed by atoms with Crippen molar-refractivity contribution >= 4 is 23.4 Å². The number of rotatable bonds is 5. The van der Waals surface area contributed by atoms with Gasteiger partial charge in [0, 0.05) is 12.7 Å². The van der Waals surface area contributed by atoms with Crippen LogP contribution in [0, 0.1) is 5.82 Å². The van der Waals surface area contributed by atoms with Crippen molar-refractivity contribution in [3.8, 4) is 0 Å². The molecule has 0 aliphatic rings. The Morgan fingerprint density at radius 1 is 1.32 bits per heavy atom. The van der Waals surface area contributed by atoms with E-state index >= 15 is 0 Å². The summed E-state index contributed by atoms with van der Waals surface area (Å²) >= 11 is 7.32. The van der Waals surface area contributed by atoms with Crippen LogP contribution >= 0.6 is 23.4 Å². The van der Waals surface area contributed by atoms with E-state index < -0.39 is 0 Å². The molecule has 0 spiro atoms. The number of hydrogen-bond donors (Lipinski definition) is 1. The topological polar surface area (TPSA) is 24.9 Å². The van der Waals surface area contributed by atoms with E-state index in [4.69, 9.17) is 11.6 Å². The predicted molar refractivity (Wildman–Crippen MR) is 77.2 cm³/mol. The third-order valence-corrected chi connectivity index (χ3v) is 4.13. The van der Waals surface area contributed by atoms with Gasteiger partial charge in [-0.15, -0.1) is 0 Å². The Morgan fingerprint density at radius 2 is 2.16 bits per heavy atom. The summed E-state index contributed by atoms with van der Waals surface area (Å²) in [5.74, 6) is -0.248. The Bertz CT molecular complexity index is 563. The minimum absolute atomic E-state index is 0.248. The quantitative estimate of drug-likeness (QED) is 0.898. The second-order valence-electron chi connectivity index (χ2n) is 3.90. The second-order valence-corrected chi connectivity index (χ2v) is 5.31. The molecule has 1 N–H and O–H groups in total. The first-order valence-electron chi connectivity index (χ1n) is 5.99. The standard InChI is InChI=1S/C14H14ClFN2S/c1-2-17-9-10-5-3-7-12(16)13(10)19-14-11(15)6-4-8-18-14/h3-8,17H,2,9H2,1H3. The van der Waals surface area contributed by atoms with Crippen molar-refractivity contribution in [1.82, 2.24) is 10.3 Å². The molecule has 1 heterocycles. The van der Waals surface area contributed by atoms with Crippen LogP contribution in [-0.4, -0.2) is 11.5 Å². The molecule has 0 aliphatic carbocycles. The zero-order valence-corrected chi connectivity index (χ0v) is 12.1. The molecular weight excluding hydrogens is 283 g/mol. The number of nitrogens with zero attached hydrogens (tertiary/aromatic N) is 1. The van der Waals surface area contributed by atoms with Crippen LogP contribution in [0.1, 0.15) is 12.5 Å². The van der Waals surface area contributed by atoms with Crippen molar-refractivity contribution in [2.75, 3.05) is 6.54 Å². The van der Waals surface area contributed by atoms with Gasteiger partial charge in [0.2, 0.25) is 0 Å². The highest BCUT2D eigenvalue weighted by Gasteiger charge is 2.12. The maximum Gasteiger partial charge on any atom is 0.137 e. The first kappa shape index (κ1) is 14.3. The molecular formula is C14H14ClFN2S. The molecule has 5 heteroatoms. The zero-order valence-electron chi connectivity index (χ0n) is 10.5. The average molecular weight is 297 g/mol. The molecule has 100 valence electrons. The Hall–Kier alpha value is -1.10. The van der Waals surface area contributed by atoms with Crippen molar-refractivity contribution in [1.29, 1.82) is 0 Å². The Kier molecular flexibility index (Phi) is 5.19. The van der Waals surface area contributed by atoms with Gasteiger partial charge in [-0.2, -0.15) is 0 Å². The summed E-state index contributed by atoms with van der Waals surface area (Å²) in [5.41, 5.74) is 0.911. The third kappa shape index (κ3) is 3.69. The van der Waals surface area contributed by atoms with E-state index in [1.54, 1.807) is 24.4 Å². The van der Waals surface area contributed by atoms with Crippen LogP contribution in [0.3, 0.4) is 0 Å². The largest absolute Gasteiger partial charge is 0.313 e. The van der Waals surface area contributed by atoms with Gasteiger partial charge in [0.25, 0.3) is 0 Å². The molecule has 2 rings (SSSR count). The van der Waals surface area contributed by atoms with Gasteiger partial charge in [-0.05, 0) is 30.3 Å². The highest BCUT2D eigenvalue weighted by molar-refractivity contribution is 7.99. The molecule has 1 aromatic heterocycles. The van der Waals surface area contributed by atoms with E-state index in [0.717, 1.165) is 12.1 Å². The minimum atomic E-state index is -0.248. The van der Waals surface area contributed by atoms with Gasteiger partial charge >= 0.3 is 0 Å². The summed E-state index contributed by atoms with van der Waals surface area (Å²) < 4.78 is 14.0. The van der Waals surface area contributed by atoms with Crippen LogP contribution in [0.4, 0.5) is 4.39 Å². The third-order valence-electron chi connectivity index (χ3n) is 2.54. The SMILES string of the molecule is CCNCc1cccc(F)c1Sc1ncccc1Cl. The first-order valence-corrected chi connectivity index (χ1v) is 7.18. The molecule has 0 fully saturated rings. The van der Waals surface area contributed by atoms with E-state index in [2.05, 4.69) is 10.3 Å². The molecule has 2 aromatic rings. The summed E-state index contributed by atoms with van der Waals surface area (Å²) in [5, 5.41) is 4.35. The number of halogens is 2. The monoisotopic (exact) mass is 296 g/mol. The summed E-state index contributed by atoms with van der Waals surface area (Å²) in [6.07, 6.45) is 1.65. The summed E-state index contributed by atoms with van der Waals surface area (Å²) in [4.78, 5) is 4.75. The second kappa shape index (κ2) is 6.89. The van der Waals surface area contributed by atoms with Crippen molar-refractivity contribution in [3.05, 3.63) is 52.9 Å². The molecule has 0 saturated carbocycles. The van der Waals surface area contributed by atoms with Gasteiger partial charge < -0.3 is 5.32 Å². The van der Waals surface area contributed by atoms with Crippen LogP contribution in [0.5, 0.6) is 0 Å². The average Bonchev–Trinajstić information content (AvgIpc) is 2.41. The number of benzene rings is 1. The highest BCUT2D eigenvalue weighted by atomic mass is 35.5. The van der Waals surface area contributed by atoms with E-state index in [9.17, 15) is 4.39 Å². The molecule has 0 unspecified atom stereocenters.